The summed E-state index contributed by atoms with van der Waals surface area (Å²) in [6, 6.07) is 16.4. The van der Waals surface area contributed by atoms with Crippen molar-refractivity contribution in [1.82, 2.24) is 0 Å². The number of hydrogen-bond acceptors (Lipinski definition) is 4. The summed E-state index contributed by atoms with van der Waals surface area (Å²) in [5, 5.41) is 1.10. The van der Waals surface area contributed by atoms with Gasteiger partial charge in [-0.05, 0) is 49.4 Å². The molecule has 0 aliphatic carbocycles. The smallest absolute Gasteiger partial charge is 0.270 e. The van der Waals surface area contributed by atoms with E-state index in [0.717, 1.165) is 11.3 Å². The van der Waals surface area contributed by atoms with Crippen LogP contribution in [0.3, 0.4) is 0 Å². The number of furan rings is 1. The Morgan fingerprint density at radius 2 is 1.82 bits per heavy atom. The molecule has 3 nitrogen and oxygen atoms in total. The lowest BCUT2D eigenvalue weighted by molar-refractivity contribution is -0.113. The molecular weight excluding hydrogens is 433 g/mol. The number of amides is 1. The van der Waals surface area contributed by atoms with Gasteiger partial charge in [-0.25, -0.2) is 0 Å². The molecule has 28 heavy (non-hydrogen) atoms. The van der Waals surface area contributed by atoms with Gasteiger partial charge >= 0.3 is 0 Å². The Balaban J connectivity index is 1.62. The summed E-state index contributed by atoms with van der Waals surface area (Å²) in [6.07, 6.45) is 1.69. The quantitative estimate of drug-likeness (QED) is 0.321. The molecule has 0 radical (unpaired) electrons. The largest absolute Gasteiger partial charge is 0.457 e. The van der Waals surface area contributed by atoms with Crippen LogP contribution in [0.2, 0.25) is 10.0 Å². The van der Waals surface area contributed by atoms with Crippen molar-refractivity contribution in [2.24, 2.45) is 0 Å². The minimum absolute atomic E-state index is 0.169. The lowest BCUT2D eigenvalue weighted by atomic mass is 10.2. The number of carbonyl (C=O) groups excluding carboxylic acids is 1. The van der Waals surface area contributed by atoms with Crippen LogP contribution < -0.4 is 4.90 Å². The van der Waals surface area contributed by atoms with Crippen molar-refractivity contribution in [2.45, 2.75) is 6.92 Å². The molecular formula is C21H13Cl2NO2S2. The molecule has 0 unspecified atom stereocenters. The van der Waals surface area contributed by atoms with Gasteiger partial charge < -0.3 is 4.42 Å². The van der Waals surface area contributed by atoms with Gasteiger partial charge in [-0.3, -0.25) is 9.69 Å². The summed E-state index contributed by atoms with van der Waals surface area (Å²) < 4.78 is 6.35. The molecule has 2 aromatic carbocycles. The number of hydrogen-bond donors (Lipinski definition) is 0. The van der Waals surface area contributed by atoms with E-state index in [9.17, 15) is 4.79 Å². The molecule has 1 aromatic heterocycles. The molecule has 140 valence electrons. The Morgan fingerprint density at radius 1 is 1.07 bits per heavy atom. The zero-order valence-electron chi connectivity index (χ0n) is 14.6. The average molecular weight is 446 g/mol. The van der Waals surface area contributed by atoms with Crippen LogP contribution in [-0.2, 0) is 4.79 Å². The third-order valence-electron chi connectivity index (χ3n) is 4.18. The zero-order chi connectivity index (χ0) is 19.8. The lowest BCUT2D eigenvalue weighted by Crippen LogP contribution is -2.27. The molecule has 1 fully saturated rings. The van der Waals surface area contributed by atoms with Crippen LogP contribution >= 0.6 is 47.2 Å². The first-order valence-corrected chi connectivity index (χ1v) is 10.3. The van der Waals surface area contributed by atoms with Crippen LogP contribution in [0.25, 0.3) is 17.4 Å². The van der Waals surface area contributed by atoms with E-state index in [2.05, 4.69) is 0 Å². The second-order valence-electron chi connectivity index (χ2n) is 6.18. The predicted molar refractivity (Wildman–Crippen MR) is 121 cm³/mol. The Bertz CT molecular complexity index is 1120. The first kappa shape index (κ1) is 19.3. The maximum atomic E-state index is 12.9. The van der Waals surface area contributed by atoms with E-state index in [0.29, 0.717) is 36.4 Å². The Labute approximate surface area is 181 Å². The summed E-state index contributed by atoms with van der Waals surface area (Å²) in [5.41, 5.74) is 2.57. The fraction of sp³-hybridized carbons (Fsp3) is 0.0476. The monoisotopic (exact) mass is 445 g/mol. The standard InChI is InChI=1S/C21H13Cl2NO2S2/c1-12-2-5-14(6-3-12)24-20(25)19(28-21(24)27)11-15-7-9-18(26-15)16-10-13(22)4-8-17(16)23/h2-11H,1H3. The maximum Gasteiger partial charge on any atom is 0.270 e. The number of halogens is 2. The highest BCUT2D eigenvalue weighted by atomic mass is 35.5. The highest BCUT2D eigenvalue weighted by Crippen LogP contribution is 2.37. The third-order valence-corrected chi connectivity index (χ3v) is 6.05. The van der Waals surface area contributed by atoms with E-state index in [1.54, 1.807) is 36.4 Å². The van der Waals surface area contributed by atoms with Crippen molar-refractivity contribution in [2.75, 3.05) is 4.90 Å². The van der Waals surface area contributed by atoms with Gasteiger partial charge in [-0.1, -0.05) is 64.9 Å². The van der Waals surface area contributed by atoms with Gasteiger partial charge in [0.2, 0.25) is 0 Å². The molecule has 1 amide bonds. The molecule has 7 heteroatoms. The molecule has 0 bridgehead atoms. The molecule has 3 aromatic rings. The maximum absolute atomic E-state index is 12.9. The number of aryl methyl sites for hydroxylation is 1. The number of thiocarbonyl (C=S) groups is 1. The summed E-state index contributed by atoms with van der Waals surface area (Å²) in [7, 11) is 0. The number of benzene rings is 2. The Morgan fingerprint density at radius 3 is 2.57 bits per heavy atom. The molecule has 0 atom stereocenters. The summed E-state index contributed by atoms with van der Waals surface area (Å²) >= 11 is 18.9. The molecule has 0 N–H and O–H groups in total. The molecule has 1 aliphatic heterocycles. The summed E-state index contributed by atoms with van der Waals surface area (Å²) in [6.45, 7) is 1.99. The van der Waals surface area contributed by atoms with Crippen molar-refractivity contribution >= 4 is 69.2 Å². The number of nitrogens with zero attached hydrogens (tertiary/aromatic N) is 1. The first-order chi connectivity index (χ1) is 13.4. The Kier molecular flexibility index (Phi) is 5.34. The number of thioether (sulfide) groups is 1. The minimum atomic E-state index is -0.169. The van der Waals surface area contributed by atoms with Crippen molar-refractivity contribution in [3.63, 3.8) is 0 Å². The average Bonchev–Trinajstić information content (AvgIpc) is 3.23. The molecule has 1 saturated heterocycles. The van der Waals surface area contributed by atoms with Gasteiger partial charge in [-0.15, -0.1) is 0 Å². The van der Waals surface area contributed by atoms with Crippen LogP contribution in [-0.4, -0.2) is 10.2 Å². The van der Waals surface area contributed by atoms with Gasteiger partial charge in [0.25, 0.3) is 5.91 Å². The highest BCUT2D eigenvalue weighted by molar-refractivity contribution is 8.27. The van der Waals surface area contributed by atoms with Gasteiger partial charge in [0.05, 0.1) is 15.6 Å². The third kappa shape index (κ3) is 3.76. The normalized spacial score (nSPS) is 15.7. The van der Waals surface area contributed by atoms with Crippen LogP contribution in [0.1, 0.15) is 11.3 Å². The van der Waals surface area contributed by atoms with E-state index >= 15 is 0 Å². The number of anilines is 1. The van der Waals surface area contributed by atoms with Crippen molar-refractivity contribution in [3.8, 4) is 11.3 Å². The SMILES string of the molecule is Cc1ccc(N2C(=O)C(=Cc3ccc(-c4cc(Cl)ccc4Cl)o3)SC2=S)cc1. The fourth-order valence-electron chi connectivity index (χ4n) is 2.77. The number of rotatable bonds is 3. The van der Waals surface area contributed by atoms with Gasteiger partial charge in [0.15, 0.2) is 4.32 Å². The molecule has 4 rings (SSSR count). The Hall–Kier alpha value is -2.05. The van der Waals surface area contributed by atoms with Gasteiger partial charge in [0, 0.05) is 16.7 Å². The topological polar surface area (TPSA) is 33.5 Å². The van der Waals surface area contributed by atoms with Crippen molar-refractivity contribution < 1.29 is 9.21 Å². The second-order valence-corrected chi connectivity index (χ2v) is 8.70. The van der Waals surface area contributed by atoms with Crippen LogP contribution in [0.4, 0.5) is 5.69 Å². The lowest BCUT2D eigenvalue weighted by Gasteiger charge is -2.14. The van der Waals surface area contributed by atoms with Crippen molar-refractivity contribution in [3.05, 3.63) is 80.9 Å². The fourth-order valence-corrected chi connectivity index (χ4v) is 4.44. The van der Waals surface area contributed by atoms with E-state index in [4.69, 9.17) is 39.8 Å². The number of carbonyl (C=O) groups is 1. The molecule has 1 aliphatic rings. The molecule has 0 spiro atoms. The van der Waals surface area contributed by atoms with Gasteiger partial charge in [0.1, 0.15) is 11.5 Å². The second kappa shape index (κ2) is 7.76. The van der Waals surface area contributed by atoms with Crippen LogP contribution in [0.15, 0.2) is 63.9 Å². The first-order valence-electron chi connectivity index (χ1n) is 8.32. The van der Waals surface area contributed by atoms with Crippen LogP contribution in [0.5, 0.6) is 0 Å². The van der Waals surface area contributed by atoms with E-state index < -0.39 is 0 Å². The molecule has 0 saturated carbocycles. The predicted octanol–water partition coefficient (Wildman–Crippen LogP) is 6.97. The van der Waals surface area contributed by atoms with E-state index in [1.807, 2.05) is 31.2 Å². The van der Waals surface area contributed by atoms with Gasteiger partial charge in [-0.2, -0.15) is 0 Å². The van der Waals surface area contributed by atoms with E-state index in [1.165, 1.54) is 16.7 Å². The summed E-state index contributed by atoms with van der Waals surface area (Å²) in [4.78, 5) is 14.9. The summed E-state index contributed by atoms with van der Waals surface area (Å²) in [5.74, 6) is 0.945. The van der Waals surface area contributed by atoms with Crippen LogP contribution in [0, 0.1) is 6.92 Å². The minimum Gasteiger partial charge on any atom is -0.457 e. The highest BCUT2D eigenvalue weighted by Gasteiger charge is 2.33. The molecule has 2 heterocycles. The zero-order valence-corrected chi connectivity index (χ0v) is 17.8. The van der Waals surface area contributed by atoms with Crippen molar-refractivity contribution in [1.29, 1.82) is 0 Å². The van der Waals surface area contributed by atoms with E-state index in [-0.39, 0.29) is 5.91 Å².